The molecule has 0 unspecified atom stereocenters. The van der Waals surface area contributed by atoms with Crippen molar-refractivity contribution in [2.75, 3.05) is 18.4 Å². The third kappa shape index (κ3) is 4.69. The third-order valence-corrected chi connectivity index (χ3v) is 4.58. The molecule has 27 heavy (non-hydrogen) atoms. The van der Waals surface area contributed by atoms with E-state index in [0.29, 0.717) is 11.3 Å². The Morgan fingerprint density at radius 3 is 2.30 bits per heavy atom. The van der Waals surface area contributed by atoms with Crippen molar-refractivity contribution in [1.29, 1.82) is 0 Å². The zero-order chi connectivity index (χ0) is 19.2. The maximum atomic E-state index is 12.7. The van der Waals surface area contributed by atoms with Gasteiger partial charge in [0.1, 0.15) is 0 Å². The van der Waals surface area contributed by atoms with Crippen LogP contribution in [0.3, 0.4) is 0 Å². The summed E-state index contributed by atoms with van der Waals surface area (Å²) in [6.45, 7) is 1.51. The van der Waals surface area contributed by atoms with Crippen LogP contribution in [0.1, 0.15) is 46.4 Å². The molecular formula is C20H21N3O4. The van der Waals surface area contributed by atoms with Crippen molar-refractivity contribution in [1.82, 2.24) is 4.90 Å². The molecule has 7 heteroatoms. The van der Waals surface area contributed by atoms with Crippen LogP contribution in [0.2, 0.25) is 0 Å². The van der Waals surface area contributed by atoms with E-state index in [1.165, 1.54) is 24.3 Å². The summed E-state index contributed by atoms with van der Waals surface area (Å²) >= 11 is 0. The zero-order valence-electron chi connectivity index (χ0n) is 14.9. The topological polar surface area (TPSA) is 92.6 Å². The quantitative estimate of drug-likeness (QED) is 0.656. The summed E-state index contributed by atoms with van der Waals surface area (Å²) in [6, 6.07) is 12.3. The summed E-state index contributed by atoms with van der Waals surface area (Å²) in [5, 5.41) is 13.6. The van der Waals surface area contributed by atoms with Gasteiger partial charge in [-0.2, -0.15) is 0 Å². The van der Waals surface area contributed by atoms with Crippen molar-refractivity contribution in [2.45, 2.75) is 25.7 Å². The van der Waals surface area contributed by atoms with E-state index in [2.05, 4.69) is 5.32 Å². The molecule has 1 aliphatic rings. The van der Waals surface area contributed by atoms with Crippen molar-refractivity contribution in [3.05, 3.63) is 69.8 Å². The van der Waals surface area contributed by atoms with E-state index in [9.17, 15) is 19.7 Å². The minimum atomic E-state index is -0.544. The fraction of sp³-hybridized carbons (Fsp3) is 0.300. The summed E-state index contributed by atoms with van der Waals surface area (Å²) in [4.78, 5) is 37.3. The molecule has 140 valence electrons. The number of nitrogens with zero attached hydrogens (tertiary/aromatic N) is 2. The number of anilines is 1. The van der Waals surface area contributed by atoms with Gasteiger partial charge >= 0.3 is 0 Å². The van der Waals surface area contributed by atoms with Crippen LogP contribution in [0.25, 0.3) is 0 Å². The lowest BCUT2D eigenvalue weighted by Gasteiger charge is -2.20. The number of rotatable bonds is 4. The first-order valence-corrected chi connectivity index (χ1v) is 9.00. The van der Waals surface area contributed by atoms with Crippen LogP contribution >= 0.6 is 0 Å². The highest BCUT2D eigenvalue weighted by Crippen LogP contribution is 2.18. The van der Waals surface area contributed by atoms with Crippen LogP contribution in [0.5, 0.6) is 0 Å². The molecule has 0 spiro atoms. The summed E-state index contributed by atoms with van der Waals surface area (Å²) < 4.78 is 0. The summed E-state index contributed by atoms with van der Waals surface area (Å²) in [5.41, 5.74) is 1.04. The SMILES string of the molecule is O=C(Nc1cccc(C(=O)N2CCCCCC2)c1)c1cccc([N+](=O)[O-])c1. The minimum Gasteiger partial charge on any atom is -0.339 e. The minimum absolute atomic E-state index is 0.0386. The number of nitro benzene ring substituents is 1. The molecule has 1 N–H and O–H groups in total. The predicted molar refractivity (Wildman–Crippen MR) is 102 cm³/mol. The first-order chi connectivity index (χ1) is 13.0. The molecule has 0 bridgehead atoms. The molecule has 2 amide bonds. The maximum Gasteiger partial charge on any atom is 0.270 e. The van der Waals surface area contributed by atoms with E-state index in [0.717, 1.165) is 38.8 Å². The highest BCUT2D eigenvalue weighted by atomic mass is 16.6. The van der Waals surface area contributed by atoms with Crippen LogP contribution in [-0.4, -0.2) is 34.7 Å². The molecule has 1 fully saturated rings. The van der Waals surface area contributed by atoms with Crippen molar-refractivity contribution in [3.63, 3.8) is 0 Å². The molecule has 0 aromatic heterocycles. The second-order valence-electron chi connectivity index (χ2n) is 6.55. The number of benzene rings is 2. The highest BCUT2D eigenvalue weighted by Gasteiger charge is 2.18. The van der Waals surface area contributed by atoms with Gasteiger partial charge in [0.2, 0.25) is 0 Å². The second-order valence-corrected chi connectivity index (χ2v) is 6.55. The smallest absolute Gasteiger partial charge is 0.270 e. The molecule has 3 rings (SSSR count). The lowest BCUT2D eigenvalue weighted by molar-refractivity contribution is -0.384. The van der Waals surface area contributed by atoms with Gasteiger partial charge in [-0.1, -0.05) is 25.0 Å². The number of nitro groups is 1. The lowest BCUT2D eigenvalue weighted by Crippen LogP contribution is -2.31. The number of non-ortho nitro benzene ring substituents is 1. The molecule has 1 aliphatic heterocycles. The standard InChI is InChI=1S/C20H21N3O4/c24-19(15-7-6-10-18(14-15)23(26)27)21-17-9-5-8-16(13-17)20(25)22-11-3-1-2-4-12-22/h5-10,13-14H,1-4,11-12H2,(H,21,24). The zero-order valence-corrected chi connectivity index (χ0v) is 14.9. The molecule has 1 heterocycles. The van der Waals surface area contributed by atoms with Crippen molar-refractivity contribution < 1.29 is 14.5 Å². The van der Waals surface area contributed by atoms with Gasteiger partial charge < -0.3 is 10.2 Å². The van der Waals surface area contributed by atoms with Gasteiger partial charge in [0.25, 0.3) is 17.5 Å². The van der Waals surface area contributed by atoms with E-state index in [-0.39, 0.29) is 17.2 Å². The average Bonchev–Trinajstić information content (AvgIpc) is 2.97. The molecular weight excluding hydrogens is 346 g/mol. The first-order valence-electron chi connectivity index (χ1n) is 9.00. The van der Waals surface area contributed by atoms with Crippen LogP contribution in [-0.2, 0) is 0 Å². The van der Waals surface area contributed by atoms with E-state index in [4.69, 9.17) is 0 Å². The van der Waals surface area contributed by atoms with E-state index in [1.54, 1.807) is 24.3 Å². The van der Waals surface area contributed by atoms with Crippen LogP contribution in [0.15, 0.2) is 48.5 Å². The van der Waals surface area contributed by atoms with E-state index >= 15 is 0 Å². The van der Waals surface area contributed by atoms with Gasteiger partial charge in [-0.25, -0.2) is 0 Å². The van der Waals surface area contributed by atoms with Crippen LogP contribution in [0, 0.1) is 10.1 Å². The van der Waals surface area contributed by atoms with Gasteiger partial charge in [0, 0.05) is 42.0 Å². The van der Waals surface area contributed by atoms with Crippen molar-refractivity contribution >= 4 is 23.2 Å². The van der Waals surface area contributed by atoms with Crippen molar-refractivity contribution in [3.8, 4) is 0 Å². The van der Waals surface area contributed by atoms with Crippen molar-refractivity contribution in [2.24, 2.45) is 0 Å². The number of carbonyl (C=O) groups is 2. The van der Waals surface area contributed by atoms with E-state index < -0.39 is 10.8 Å². The average molecular weight is 367 g/mol. The van der Waals surface area contributed by atoms with Gasteiger partial charge in [-0.15, -0.1) is 0 Å². The number of likely N-dealkylation sites (tertiary alicyclic amines) is 1. The number of hydrogen-bond donors (Lipinski definition) is 1. The number of nitrogens with one attached hydrogen (secondary N) is 1. The molecule has 0 aliphatic carbocycles. The Morgan fingerprint density at radius 1 is 0.926 bits per heavy atom. The van der Waals surface area contributed by atoms with Gasteiger partial charge in [0.15, 0.2) is 0 Å². The Kier molecular flexibility index (Phi) is 5.80. The Morgan fingerprint density at radius 2 is 1.59 bits per heavy atom. The Labute approximate surface area is 157 Å². The molecule has 7 nitrogen and oxygen atoms in total. The number of hydrogen-bond acceptors (Lipinski definition) is 4. The van der Waals surface area contributed by atoms with Gasteiger partial charge in [-0.05, 0) is 37.1 Å². The lowest BCUT2D eigenvalue weighted by atomic mass is 10.1. The van der Waals surface area contributed by atoms with Crippen LogP contribution in [0.4, 0.5) is 11.4 Å². The van der Waals surface area contributed by atoms with Crippen LogP contribution < -0.4 is 5.32 Å². The molecule has 2 aromatic rings. The molecule has 0 atom stereocenters. The number of carbonyl (C=O) groups excluding carboxylic acids is 2. The summed E-state index contributed by atoms with van der Waals surface area (Å²) in [6.07, 6.45) is 4.30. The predicted octanol–water partition coefficient (Wildman–Crippen LogP) is 3.86. The fourth-order valence-corrected chi connectivity index (χ4v) is 3.15. The summed E-state index contributed by atoms with van der Waals surface area (Å²) in [7, 11) is 0. The Hall–Kier alpha value is -3.22. The molecule has 2 aromatic carbocycles. The molecule has 0 radical (unpaired) electrons. The molecule has 1 saturated heterocycles. The highest BCUT2D eigenvalue weighted by molar-refractivity contribution is 6.05. The normalized spacial score (nSPS) is 14.3. The fourth-order valence-electron chi connectivity index (χ4n) is 3.15. The number of amides is 2. The first kappa shape index (κ1) is 18.6. The van der Waals surface area contributed by atoms with Gasteiger partial charge in [-0.3, -0.25) is 19.7 Å². The third-order valence-electron chi connectivity index (χ3n) is 4.58. The maximum absolute atomic E-state index is 12.7. The monoisotopic (exact) mass is 367 g/mol. The van der Waals surface area contributed by atoms with Gasteiger partial charge in [0.05, 0.1) is 4.92 Å². The second kappa shape index (κ2) is 8.44. The van der Waals surface area contributed by atoms with E-state index in [1.807, 2.05) is 4.90 Å². The molecule has 0 saturated carbocycles. The summed E-state index contributed by atoms with van der Waals surface area (Å²) in [5.74, 6) is -0.499. The Balaban J connectivity index is 1.73. The Bertz CT molecular complexity index is 858. The largest absolute Gasteiger partial charge is 0.339 e.